The van der Waals surface area contributed by atoms with E-state index in [1.165, 1.54) is 6.20 Å². The van der Waals surface area contributed by atoms with Gasteiger partial charge < -0.3 is 5.32 Å². The summed E-state index contributed by atoms with van der Waals surface area (Å²) in [7, 11) is 1.68. The highest BCUT2D eigenvalue weighted by Crippen LogP contribution is 2.37. The quantitative estimate of drug-likeness (QED) is 0.919. The summed E-state index contributed by atoms with van der Waals surface area (Å²) in [4.78, 5) is 3.77. The minimum atomic E-state index is -4.46. The van der Waals surface area contributed by atoms with Crippen LogP contribution in [0.2, 0.25) is 0 Å². The maximum atomic E-state index is 13.0. The molecule has 1 N–H and O–H groups in total. The van der Waals surface area contributed by atoms with Crippen LogP contribution in [0.1, 0.15) is 16.7 Å². The van der Waals surface area contributed by atoms with Crippen molar-refractivity contribution >= 4 is 5.82 Å². The molecule has 0 radical (unpaired) electrons. The molecule has 0 amide bonds. The number of rotatable bonds is 2. The Morgan fingerprint density at radius 2 is 1.80 bits per heavy atom. The molecule has 0 bridgehead atoms. The van der Waals surface area contributed by atoms with Gasteiger partial charge in [0.2, 0.25) is 0 Å². The molecule has 2 aromatic rings. The van der Waals surface area contributed by atoms with Gasteiger partial charge in [-0.1, -0.05) is 0 Å². The largest absolute Gasteiger partial charge is 0.417 e. The normalized spacial score (nSPS) is 11.5. The second-order valence-corrected chi connectivity index (χ2v) is 4.32. The Hall–Kier alpha value is -2.18. The fraction of sp³-hybridized carbons (Fsp3) is 0.308. The Morgan fingerprint density at radius 1 is 1.10 bits per heavy atom. The highest BCUT2D eigenvalue weighted by atomic mass is 19.4. The zero-order valence-corrected chi connectivity index (χ0v) is 11.2. The van der Waals surface area contributed by atoms with Gasteiger partial charge in [0.1, 0.15) is 0 Å². The molecule has 106 valence electrons. The van der Waals surface area contributed by atoms with Crippen LogP contribution in [-0.4, -0.2) is 22.2 Å². The summed E-state index contributed by atoms with van der Waals surface area (Å²) in [6.45, 7) is 3.50. The van der Waals surface area contributed by atoms with Crippen molar-refractivity contribution in [3.05, 3.63) is 35.2 Å². The molecule has 0 aliphatic carbocycles. The molecule has 4 nitrogen and oxygen atoms in total. The van der Waals surface area contributed by atoms with Crippen LogP contribution in [0.25, 0.3) is 11.3 Å². The topological polar surface area (TPSA) is 50.7 Å². The molecule has 0 unspecified atom stereocenters. The highest BCUT2D eigenvalue weighted by molar-refractivity contribution is 5.69. The molecule has 0 aliphatic rings. The SMILES string of the molecule is CNc1nnc(-c2cnccc2C(F)(F)F)c(C)c1C. The van der Waals surface area contributed by atoms with Crippen LogP contribution in [0.15, 0.2) is 18.5 Å². The summed E-state index contributed by atoms with van der Waals surface area (Å²) in [5, 5.41) is 10.7. The van der Waals surface area contributed by atoms with Crippen LogP contribution in [0.5, 0.6) is 0 Å². The van der Waals surface area contributed by atoms with E-state index in [-0.39, 0.29) is 11.3 Å². The average Bonchev–Trinajstić information content (AvgIpc) is 2.41. The molecule has 2 rings (SSSR count). The van der Waals surface area contributed by atoms with Crippen LogP contribution < -0.4 is 5.32 Å². The first kappa shape index (κ1) is 14.2. The summed E-state index contributed by atoms with van der Waals surface area (Å²) < 4.78 is 39.1. The van der Waals surface area contributed by atoms with E-state index in [0.717, 1.165) is 17.8 Å². The molecule has 20 heavy (non-hydrogen) atoms. The summed E-state index contributed by atoms with van der Waals surface area (Å²) in [5.74, 6) is 0.545. The van der Waals surface area contributed by atoms with Gasteiger partial charge in [0, 0.05) is 25.0 Å². The van der Waals surface area contributed by atoms with Crippen molar-refractivity contribution in [2.75, 3.05) is 12.4 Å². The molecule has 0 aliphatic heterocycles. The van der Waals surface area contributed by atoms with Gasteiger partial charge in [-0.25, -0.2) is 0 Å². The third-order valence-electron chi connectivity index (χ3n) is 3.14. The van der Waals surface area contributed by atoms with Crippen LogP contribution in [0.4, 0.5) is 19.0 Å². The van der Waals surface area contributed by atoms with Crippen molar-refractivity contribution in [1.82, 2.24) is 15.2 Å². The smallest absolute Gasteiger partial charge is 0.371 e. The fourth-order valence-corrected chi connectivity index (χ4v) is 1.93. The molecule has 0 saturated carbocycles. The number of hydrogen-bond acceptors (Lipinski definition) is 4. The van der Waals surface area contributed by atoms with Crippen LogP contribution in [0, 0.1) is 13.8 Å². The van der Waals surface area contributed by atoms with Crippen LogP contribution in [-0.2, 0) is 6.18 Å². The zero-order valence-electron chi connectivity index (χ0n) is 11.2. The third kappa shape index (κ3) is 2.43. The second kappa shape index (κ2) is 5.07. The lowest BCUT2D eigenvalue weighted by atomic mass is 10.0. The Kier molecular flexibility index (Phi) is 3.61. The molecule has 0 saturated heterocycles. The van der Waals surface area contributed by atoms with E-state index in [2.05, 4.69) is 20.5 Å². The first-order valence-electron chi connectivity index (χ1n) is 5.89. The van der Waals surface area contributed by atoms with E-state index in [9.17, 15) is 13.2 Å². The number of aromatic nitrogens is 3. The maximum absolute atomic E-state index is 13.0. The number of alkyl halides is 3. The predicted molar refractivity (Wildman–Crippen MR) is 69.3 cm³/mol. The number of hydrogen-bond donors (Lipinski definition) is 1. The van der Waals surface area contributed by atoms with E-state index in [0.29, 0.717) is 11.4 Å². The van der Waals surface area contributed by atoms with Gasteiger partial charge in [0.05, 0.1) is 11.3 Å². The molecule has 2 aromatic heterocycles. The molecule has 0 spiro atoms. The Bertz CT molecular complexity index is 638. The van der Waals surface area contributed by atoms with Gasteiger partial charge in [0.15, 0.2) is 5.82 Å². The van der Waals surface area contributed by atoms with E-state index >= 15 is 0 Å². The molecular formula is C13H13F3N4. The van der Waals surface area contributed by atoms with Crippen molar-refractivity contribution < 1.29 is 13.2 Å². The lowest BCUT2D eigenvalue weighted by Gasteiger charge is -2.15. The van der Waals surface area contributed by atoms with Crippen molar-refractivity contribution in [2.45, 2.75) is 20.0 Å². The average molecular weight is 282 g/mol. The minimum absolute atomic E-state index is 0.0595. The summed E-state index contributed by atoms with van der Waals surface area (Å²) in [6, 6.07) is 0.942. The third-order valence-corrected chi connectivity index (χ3v) is 3.14. The van der Waals surface area contributed by atoms with Gasteiger partial charge in [-0.3, -0.25) is 4.98 Å². The summed E-state index contributed by atoms with van der Waals surface area (Å²) >= 11 is 0. The molecule has 0 fully saturated rings. The van der Waals surface area contributed by atoms with Crippen molar-refractivity contribution in [1.29, 1.82) is 0 Å². The molecule has 2 heterocycles. The van der Waals surface area contributed by atoms with E-state index < -0.39 is 11.7 Å². The van der Waals surface area contributed by atoms with Gasteiger partial charge in [-0.15, -0.1) is 10.2 Å². The van der Waals surface area contributed by atoms with Gasteiger partial charge >= 0.3 is 6.18 Å². The highest BCUT2D eigenvalue weighted by Gasteiger charge is 2.34. The number of anilines is 1. The Labute approximate surface area is 114 Å². The summed E-state index contributed by atoms with van der Waals surface area (Å²) in [6.07, 6.45) is -2.18. The Morgan fingerprint density at radius 3 is 2.40 bits per heavy atom. The number of nitrogens with one attached hydrogen (secondary N) is 1. The number of pyridine rings is 1. The fourth-order valence-electron chi connectivity index (χ4n) is 1.93. The number of halogens is 3. The zero-order chi connectivity index (χ0) is 14.9. The van der Waals surface area contributed by atoms with Crippen LogP contribution in [0.3, 0.4) is 0 Å². The van der Waals surface area contributed by atoms with Crippen molar-refractivity contribution in [3.8, 4) is 11.3 Å². The maximum Gasteiger partial charge on any atom is 0.417 e. The van der Waals surface area contributed by atoms with E-state index in [1.54, 1.807) is 20.9 Å². The van der Waals surface area contributed by atoms with Gasteiger partial charge in [-0.05, 0) is 31.0 Å². The van der Waals surface area contributed by atoms with E-state index in [4.69, 9.17) is 0 Å². The van der Waals surface area contributed by atoms with Crippen LogP contribution >= 0.6 is 0 Å². The van der Waals surface area contributed by atoms with Gasteiger partial charge in [0.25, 0.3) is 0 Å². The molecular weight excluding hydrogens is 269 g/mol. The van der Waals surface area contributed by atoms with E-state index in [1.807, 2.05) is 0 Å². The van der Waals surface area contributed by atoms with Crippen molar-refractivity contribution in [3.63, 3.8) is 0 Å². The number of nitrogens with zero attached hydrogens (tertiary/aromatic N) is 3. The Balaban J connectivity index is 2.67. The monoisotopic (exact) mass is 282 g/mol. The lowest BCUT2D eigenvalue weighted by Crippen LogP contribution is -2.10. The first-order valence-corrected chi connectivity index (χ1v) is 5.89. The lowest BCUT2D eigenvalue weighted by molar-refractivity contribution is -0.137. The predicted octanol–water partition coefficient (Wildman–Crippen LogP) is 3.22. The second-order valence-electron chi connectivity index (χ2n) is 4.32. The standard InChI is InChI=1S/C13H13F3N4/c1-7-8(2)12(17-3)20-19-11(7)9-6-18-5-4-10(9)13(14,15)16/h4-6H,1-3H3,(H,17,20). The van der Waals surface area contributed by atoms with Crippen molar-refractivity contribution in [2.24, 2.45) is 0 Å². The molecule has 0 aromatic carbocycles. The first-order chi connectivity index (χ1) is 9.36. The minimum Gasteiger partial charge on any atom is -0.371 e. The molecule has 0 atom stereocenters. The molecule has 7 heteroatoms. The van der Waals surface area contributed by atoms with Gasteiger partial charge in [-0.2, -0.15) is 13.2 Å². The summed E-state index contributed by atoms with van der Waals surface area (Å²) in [5.41, 5.74) is 0.775.